The number of piperidine rings is 1. The number of nitrogens with zero attached hydrogens (tertiary/aromatic N) is 3. The number of carbonyl (C=O) groups excluding carboxylic acids is 1. The van der Waals surface area contributed by atoms with Gasteiger partial charge in [0.2, 0.25) is 11.7 Å². The number of alkyl halides is 3. The van der Waals surface area contributed by atoms with E-state index in [-0.39, 0.29) is 23.2 Å². The van der Waals surface area contributed by atoms with Gasteiger partial charge in [-0.05, 0) is 38.4 Å². The van der Waals surface area contributed by atoms with E-state index in [4.69, 9.17) is 0 Å². The molecule has 23 heavy (non-hydrogen) atoms. The molecule has 0 aliphatic carbocycles. The van der Waals surface area contributed by atoms with Gasteiger partial charge in [-0.2, -0.15) is 13.2 Å². The van der Waals surface area contributed by atoms with Crippen LogP contribution in [0.3, 0.4) is 0 Å². The van der Waals surface area contributed by atoms with E-state index in [1.54, 1.807) is 0 Å². The topological polar surface area (TPSA) is 58.1 Å². The Balaban J connectivity index is 1.97. The van der Waals surface area contributed by atoms with Crippen molar-refractivity contribution >= 4 is 11.7 Å². The molecule has 1 amide bonds. The van der Waals surface area contributed by atoms with Gasteiger partial charge in [0.1, 0.15) is 5.82 Å². The maximum Gasteiger partial charge on any atom is 0.451 e. The highest BCUT2D eigenvalue weighted by Crippen LogP contribution is 2.47. The minimum Gasteiger partial charge on any atom is -0.317 e. The van der Waals surface area contributed by atoms with E-state index >= 15 is 0 Å². The van der Waals surface area contributed by atoms with E-state index in [9.17, 15) is 18.0 Å². The lowest BCUT2D eigenvalue weighted by Crippen LogP contribution is -2.46. The highest BCUT2D eigenvalue weighted by atomic mass is 19.4. The van der Waals surface area contributed by atoms with Crippen LogP contribution >= 0.6 is 0 Å². The van der Waals surface area contributed by atoms with Crippen molar-refractivity contribution in [2.45, 2.75) is 44.8 Å². The zero-order chi connectivity index (χ0) is 16.7. The predicted molar refractivity (Wildman–Crippen MR) is 77.8 cm³/mol. The number of nitrogens with one attached hydrogen (secondary N) is 1. The Morgan fingerprint density at radius 2 is 2.09 bits per heavy atom. The molecule has 0 saturated carbocycles. The second kappa shape index (κ2) is 5.74. The van der Waals surface area contributed by atoms with Gasteiger partial charge in [-0.1, -0.05) is 6.92 Å². The molecule has 3 heterocycles. The minimum absolute atomic E-state index is 0.0552. The largest absolute Gasteiger partial charge is 0.451 e. The molecular formula is C15H19F3N4O. The molecule has 0 radical (unpaired) electrons. The van der Waals surface area contributed by atoms with Crippen molar-refractivity contribution in [1.29, 1.82) is 0 Å². The van der Waals surface area contributed by atoms with Crippen LogP contribution in [0.4, 0.5) is 19.0 Å². The summed E-state index contributed by atoms with van der Waals surface area (Å²) in [5, 5.41) is 3.27. The fourth-order valence-electron chi connectivity index (χ4n) is 3.91. The SMILES string of the molecule is CCC1N(c2ccnc(C(F)(F)F)n2)C(=O)CC12CCNCC2. The van der Waals surface area contributed by atoms with Crippen LogP contribution in [0.2, 0.25) is 0 Å². The normalized spacial score (nSPS) is 24.4. The number of amides is 1. The summed E-state index contributed by atoms with van der Waals surface area (Å²) < 4.78 is 38.5. The molecule has 1 atom stereocenters. The third-order valence-corrected chi connectivity index (χ3v) is 4.92. The van der Waals surface area contributed by atoms with Crippen molar-refractivity contribution in [2.24, 2.45) is 5.41 Å². The molecule has 2 saturated heterocycles. The molecule has 8 heteroatoms. The third kappa shape index (κ3) is 2.80. The Bertz CT molecular complexity index is 599. The number of anilines is 1. The van der Waals surface area contributed by atoms with Crippen LogP contribution in [-0.4, -0.2) is 35.0 Å². The van der Waals surface area contributed by atoms with E-state index in [0.29, 0.717) is 12.8 Å². The maximum atomic E-state index is 12.8. The van der Waals surface area contributed by atoms with Crippen LogP contribution in [-0.2, 0) is 11.0 Å². The van der Waals surface area contributed by atoms with E-state index in [1.165, 1.54) is 11.0 Å². The molecule has 1 unspecified atom stereocenters. The van der Waals surface area contributed by atoms with E-state index in [0.717, 1.165) is 32.1 Å². The molecule has 1 N–H and O–H groups in total. The fourth-order valence-corrected chi connectivity index (χ4v) is 3.91. The monoisotopic (exact) mass is 328 g/mol. The standard InChI is InChI=1S/C15H19F3N4O/c1-2-10-14(4-7-19-8-5-14)9-12(23)22(10)11-3-6-20-13(21-11)15(16,17)18/h3,6,10,19H,2,4-5,7-9H2,1H3. The lowest BCUT2D eigenvalue weighted by molar-refractivity contribution is -0.145. The van der Waals surface area contributed by atoms with Crippen LogP contribution in [0.15, 0.2) is 12.3 Å². The molecule has 2 aliphatic heterocycles. The van der Waals surface area contributed by atoms with Crippen molar-refractivity contribution in [3.8, 4) is 0 Å². The number of halogens is 3. The quantitative estimate of drug-likeness (QED) is 0.906. The summed E-state index contributed by atoms with van der Waals surface area (Å²) in [7, 11) is 0. The number of aromatic nitrogens is 2. The molecule has 1 spiro atoms. The van der Waals surface area contributed by atoms with Gasteiger partial charge in [0, 0.05) is 24.1 Å². The molecule has 0 bridgehead atoms. The molecule has 3 rings (SSSR count). The highest BCUT2D eigenvalue weighted by molar-refractivity contribution is 5.96. The minimum atomic E-state index is -4.62. The first-order chi connectivity index (χ1) is 10.9. The van der Waals surface area contributed by atoms with Crippen molar-refractivity contribution in [3.63, 3.8) is 0 Å². The number of rotatable bonds is 2. The van der Waals surface area contributed by atoms with E-state index < -0.39 is 12.0 Å². The van der Waals surface area contributed by atoms with Crippen LogP contribution in [0.5, 0.6) is 0 Å². The first-order valence-corrected chi connectivity index (χ1v) is 7.80. The third-order valence-electron chi connectivity index (χ3n) is 4.92. The van der Waals surface area contributed by atoms with E-state index in [1.807, 2.05) is 6.92 Å². The fraction of sp³-hybridized carbons (Fsp3) is 0.667. The van der Waals surface area contributed by atoms with Crippen molar-refractivity contribution in [1.82, 2.24) is 15.3 Å². The molecule has 0 aromatic carbocycles. The molecule has 126 valence electrons. The lowest BCUT2D eigenvalue weighted by atomic mass is 9.72. The van der Waals surface area contributed by atoms with Gasteiger partial charge in [-0.15, -0.1) is 0 Å². The average molecular weight is 328 g/mol. The predicted octanol–water partition coefficient (Wildman–Crippen LogP) is 2.38. The second-order valence-electron chi connectivity index (χ2n) is 6.21. The molecule has 1 aromatic rings. The Morgan fingerprint density at radius 3 is 2.70 bits per heavy atom. The first-order valence-electron chi connectivity index (χ1n) is 7.80. The second-order valence-corrected chi connectivity index (χ2v) is 6.21. The van der Waals surface area contributed by atoms with Gasteiger partial charge in [-0.25, -0.2) is 9.97 Å². The van der Waals surface area contributed by atoms with Crippen molar-refractivity contribution in [2.75, 3.05) is 18.0 Å². The van der Waals surface area contributed by atoms with Gasteiger partial charge in [0.15, 0.2) is 0 Å². The molecule has 1 aromatic heterocycles. The van der Waals surface area contributed by atoms with Crippen LogP contribution in [0.1, 0.15) is 38.4 Å². The summed E-state index contributed by atoms with van der Waals surface area (Å²) in [6.45, 7) is 3.62. The van der Waals surface area contributed by atoms with Gasteiger partial charge in [-0.3, -0.25) is 9.69 Å². The van der Waals surface area contributed by atoms with Gasteiger partial charge in [0.25, 0.3) is 0 Å². The van der Waals surface area contributed by atoms with Crippen LogP contribution in [0, 0.1) is 5.41 Å². The smallest absolute Gasteiger partial charge is 0.317 e. The van der Waals surface area contributed by atoms with E-state index in [2.05, 4.69) is 15.3 Å². The van der Waals surface area contributed by atoms with Gasteiger partial charge < -0.3 is 5.32 Å². The summed E-state index contributed by atoms with van der Waals surface area (Å²) in [6, 6.07) is 1.27. The molecule has 2 aliphatic rings. The summed E-state index contributed by atoms with van der Waals surface area (Å²) in [4.78, 5) is 20.9. The van der Waals surface area contributed by atoms with Crippen molar-refractivity contribution < 1.29 is 18.0 Å². The Hall–Kier alpha value is -1.70. The summed E-state index contributed by atoms with van der Waals surface area (Å²) >= 11 is 0. The van der Waals surface area contributed by atoms with Crippen LogP contribution < -0.4 is 10.2 Å². The molecular weight excluding hydrogens is 309 g/mol. The molecule has 5 nitrogen and oxygen atoms in total. The van der Waals surface area contributed by atoms with Gasteiger partial charge >= 0.3 is 6.18 Å². The summed E-state index contributed by atoms with van der Waals surface area (Å²) in [5.74, 6) is -1.30. The first kappa shape index (κ1) is 16.2. The number of hydrogen-bond acceptors (Lipinski definition) is 4. The summed E-state index contributed by atoms with van der Waals surface area (Å²) in [5.41, 5.74) is -0.166. The maximum absolute atomic E-state index is 12.8. The summed E-state index contributed by atoms with van der Waals surface area (Å²) in [6.07, 6.45) is -0.781. The average Bonchev–Trinajstić information content (AvgIpc) is 2.78. The molecule has 2 fully saturated rings. The van der Waals surface area contributed by atoms with Crippen molar-refractivity contribution in [3.05, 3.63) is 18.1 Å². The van der Waals surface area contributed by atoms with Crippen LogP contribution in [0.25, 0.3) is 0 Å². The Labute approximate surface area is 132 Å². The number of hydrogen-bond donors (Lipinski definition) is 1. The number of carbonyl (C=O) groups is 1. The zero-order valence-electron chi connectivity index (χ0n) is 12.9. The lowest BCUT2D eigenvalue weighted by Gasteiger charge is -2.40. The Morgan fingerprint density at radius 1 is 1.39 bits per heavy atom. The highest BCUT2D eigenvalue weighted by Gasteiger charge is 2.52. The Kier molecular flexibility index (Phi) is 4.03. The zero-order valence-corrected chi connectivity index (χ0v) is 12.9. The van der Waals surface area contributed by atoms with Gasteiger partial charge in [0.05, 0.1) is 0 Å².